The van der Waals surface area contributed by atoms with E-state index in [1.807, 2.05) is 24.3 Å². The summed E-state index contributed by atoms with van der Waals surface area (Å²) in [5.74, 6) is 0.169. The summed E-state index contributed by atoms with van der Waals surface area (Å²) in [4.78, 5) is 0. The Kier molecular flexibility index (Phi) is 3.47. The van der Waals surface area contributed by atoms with Gasteiger partial charge in [0.25, 0.3) is 11.2 Å². The number of para-hydroxylation sites is 1. The summed E-state index contributed by atoms with van der Waals surface area (Å²) in [5, 5.41) is 20.8. The molecular weight excluding hydrogens is 214 g/mol. The maximum atomic E-state index is 10.1. The minimum atomic E-state index is 0.169. The number of fused-ring (bicyclic) bond motifs is 1. The molecule has 0 saturated carbocycles. The molecule has 0 aliphatic carbocycles. The predicted molar refractivity (Wildman–Crippen MR) is 66.2 cm³/mol. The molecule has 3 heteroatoms. The van der Waals surface area contributed by atoms with Crippen LogP contribution in [0.25, 0.3) is 10.9 Å². The quantitative estimate of drug-likeness (QED) is 0.483. The maximum Gasteiger partial charge on any atom is 0.276 e. The lowest BCUT2D eigenvalue weighted by molar-refractivity contribution is -0.889. The van der Waals surface area contributed by atoms with Crippen LogP contribution in [0.15, 0.2) is 30.3 Å². The lowest BCUT2D eigenvalue weighted by atomic mass is 10.1. The molecule has 1 aromatic carbocycles. The molecule has 2 N–H and O–H groups in total. The van der Waals surface area contributed by atoms with Crippen molar-refractivity contribution >= 4 is 10.9 Å². The number of aromatic hydroxyl groups is 1. The number of rotatable bonds is 4. The summed E-state index contributed by atoms with van der Waals surface area (Å²) in [5.41, 5.74) is 1.33. The van der Waals surface area contributed by atoms with Gasteiger partial charge < -0.3 is 5.11 Å². The van der Waals surface area contributed by atoms with Gasteiger partial charge in [0.1, 0.15) is 0 Å². The van der Waals surface area contributed by atoms with Crippen LogP contribution in [0.2, 0.25) is 0 Å². The molecule has 0 saturated heterocycles. The molecule has 0 bridgehead atoms. The van der Waals surface area contributed by atoms with Crippen LogP contribution >= 0.6 is 0 Å². The first-order valence-electron chi connectivity index (χ1n) is 6.09. The molecule has 1 aromatic heterocycles. The van der Waals surface area contributed by atoms with Crippen molar-refractivity contribution < 1.29 is 15.0 Å². The molecule has 2 rings (SSSR count). The predicted octanol–water partition coefficient (Wildman–Crippen LogP) is 2.80. The lowest BCUT2D eigenvalue weighted by Crippen LogP contribution is -2.36. The number of aromatic nitrogens is 1. The van der Waals surface area contributed by atoms with Crippen molar-refractivity contribution in [3.63, 3.8) is 0 Å². The molecule has 2 aromatic rings. The van der Waals surface area contributed by atoms with Crippen LogP contribution in [0.4, 0.5) is 0 Å². The van der Waals surface area contributed by atoms with E-state index in [9.17, 15) is 10.3 Å². The molecule has 17 heavy (non-hydrogen) atoms. The summed E-state index contributed by atoms with van der Waals surface area (Å²) < 4.78 is 1.11. The van der Waals surface area contributed by atoms with E-state index in [0.717, 1.165) is 34.9 Å². The average Bonchev–Trinajstić information content (AvgIpc) is 2.33. The van der Waals surface area contributed by atoms with Crippen LogP contribution in [-0.4, -0.2) is 10.3 Å². The van der Waals surface area contributed by atoms with Crippen LogP contribution < -0.4 is 4.73 Å². The Labute approximate surface area is 101 Å². The van der Waals surface area contributed by atoms with Gasteiger partial charge in [-0.2, -0.15) is 0 Å². The first-order chi connectivity index (χ1) is 8.24. The molecule has 0 spiro atoms. The van der Waals surface area contributed by atoms with E-state index in [4.69, 9.17) is 0 Å². The molecule has 0 aliphatic rings. The number of hydrogen-bond donors (Lipinski definition) is 2. The molecule has 0 aliphatic heterocycles. The zero-order valence-electron chi connectivity index (χ0n) is 10.1. The van der Waals surface area contributed by atoms with Crippen molar-refractivity contribution in [1.82, 2.24) is 0 Å². The van der Waals surface area contributed by atoms with Crippen LogP contribution in [0.3, 0.4) is 0 Å². The monoisotopic (exact) mass is 232 g/mol. The fourth-order valence-electron chi connectivity index (χ4n) is 2.06. The minimum absolute atomic E-state index is 0.169. The molecule has 3 nitrogen and oxygen atoms in total. The smallest absolute Gasteiger partial charge is 0.276 e. The number of nitrogens with zero attached hydrogens (tertiary/aromatic N) is 1. The van der Waals surface area contributed by atoms with Crippen molar-refractivity contribution in [2.45, 2.75) is 32.6 Å². The fraction of sp³-hybridized carbons (Fsp3) is 0.357. The van der Waals surface area contributed by atoms with Crippen molar-refractivity contribution in [2.24, 2.45) is 0 Å². The Hall–Kier alpha value is -1.77. The first kappa shape index (κ1) is 11.7. The van der Waals surface area contributed by atoms with Gasteiger partial charge in [-0.15, -0.1) is 0 Å². The van der Waals surface area contributed by atoms with E-state index < -0.39 is 0 Å². The highest BCUT2D eigenvalue weighted by Crippen LogP contribution is 2.21. The highest BCUT2D eigenvalue weighted by atomic mass is 16.5. The molecule has 0 amide bonds. The second kappa shape index (κ2) is 5.04. The Balaban J connectivity index is 2.41. The topological polar surface area (TPSA) is 44.3 Å². The third kappa shape index (κ3) is 2.33. The largest absolute Gasteiger partial charge is 0.502 e. The maximum absolute atomic E-state index is 10.1. The number of hydrogen-bond acceptors (Lipinski definition) is 2. The van der Waals surface area contributed by atoms with Gasteiger partial charge in [0.15, 0.2) is 5.75 Å². The summed E-state index contributed by atoms with van der Waals surface area (Å²) in [6.45, 7) is 2.13. The van der Waals surface area contributed by atoms with Crippen LogP contribution in [-0.2, 0) is 6.42 Å². The van der Waals surface area contributed by atoms with Gasteiger partial charge in [-0.25, -0.2) is 0 Å². The number of unbranched alkanes of at least 4 members (excludes halogenated alkanes) is 2. The minimum Gasteiger partial charge on any atom is -0.502 e. The zero-order chi connectivity index (χ0) is 12.3. The van der Waals surface area contributed by atoms with E-state index in [-0.39, 0.29) is 5.75 Å². The first-order valence-corrected chi connectivity index (χ1v) is 6.09. The van der Waals surface area contributed by atoms with Gasteiger partial charge in [-0.05, 0) is 12.5 Å². The van der Waals surface area contributed by atoms with Gasteiger partial charge in [-0.3, -0.25) is 5.21 Å². The molecule has 0 radical (unpaired) electrons. The van der Waals surface area contributed by atoms with Crippen molar-refractivity contribution in [3.8, 4) is 5.75 Å². The highest BCUT2D eigenvalue weighted by molar-refractivity contribution is 5.76. The van der Waals surface area contributed by atoms with Gasteiger partial charge in [0, 0.05) is 23.3 Å². The molecule has 1 heterocycles. The van der Waals surface area contributed by atoms with Crippen molar-refractivity contribution in [2.75, 3.05) is 0 Å². The van der Waals surface area contributed by atoms with Gasteiger partial charge in [0.05, 0.1) is 5.39 Å². The van der Waals surface area contributed by atoms with E-state index in [1.54, 1.807) is 6.07 Å². The number of benzene rings is 1. The summed E-state index contributed by atoms with van der Waals surface area (Å²) in [7, 11) is 0. The third-order valence-electron chi connectivity index (χ3n) is 3.03. The Morgan fingerprint density at radius 2 is 1.94 bits per heavy atom. The van der Waals surface area contributed by atoms with Crippen LogP contribution in [0, 0.1) is 0 Å². The van der Waals surface area contributed by atoms with Crippen molar-refractivity contribution in [3.05, 3.63) is 36.0 Å². The lowest BCUT2D eigenvalue weighted by Gasteiger charge is -2.02. The van der Waals surface area contributed by atoms with Gasteiger partial charge in [-0.1, -0.05) is 31.9 Å². The molecule has 0 unspecified atom stereocenters. The Bertz CT molecular complexity index is 523. The highest BCUT2D eigenvalue weighted by Gasteiger charge is 2.20. The molecule has 0 fully saturated rings. The van der Waals surface area contributed by atoms with E-state index in [1.165, 1.54) is 0 Å². The van der Waals surface area contributed by atoms with Crippen LogP contribution in [0.1, 0.15) is 31.9 Å². The fourth-order valence-corrected chi connectivity index (χ4v) is 2.06. The second-order valence-corrected chi connectivity index (χ2v) is 4.30. The zero-order valence-corrected chi connectivity index (χ0v) is 10.1. The van der Waals surface area contributed by atoms with Crippen LogP contribution in [0.5, 0.6) is 5.75 Å². The Morgan fingerprint density at radius 1 is 1.18 bits per heavy atom. The van der Waals surface area contributed by atoms with E-state index >= 15 is 0 Å². The summed E-state index contributed by atoms with van der Waals surface area (Å²) in [6, 6.07) is 9.19. The van der Waals surface area contributed by atoms with Gasteiger partial charge >= 0.3 is 0 Å². The van der Waals surface area contributed by atoms with Crippen molar-refractivity contribution in [1.29, 1.82) is 0 Å². The van der Waals surface area contributed by atoms with Gasteiger partial charge in [0.2, 0.25) is 0 Å². The molecular formula is C14H18NO2+. The Morgan fingerprint density at radius 3 is 2.71 bits per heavy atom. The number of pyridine rings is 1. The van der Waals surface area contributed by atoms with E-state index in [2.05, 4.69) is 6.92 Å². The van der Waals surface area contributed by atoms with E-state index in [0.29, 0.717) is 12.1 Å². The molecule has 90 valence electrons. The normalized spacial score (nSPS) is 10.9. The SMILES string of the molecule is CCCCCc1c(O)cc2ccccc2[n+]1O. The summed E-state index contributed by atoms with van der Waals surface area (Å²) in [6.07, 6.45) is 3.90. The summed E-state index contributed by atoms with van der Waals surface area (Å²) >= 11 is 0. The second-order valence-electron chi connectivity index (χ2n) is 4.30. The average molecular weight is 232 g/mol. The standard InChI is InChI=1S/C14H17NO2/c1-2-3-4-9-13-14(16)10-11-7-5-6-8-12(11)15(13)17/h5-8,10H,2-4,9H2,1H3,(H-,16,17)/p+1. The molecule has 0 atom stereocenters. The third-order valence-corrected chi connectivity index (χ3v) is 3.03.